The van der Waals surface area contributed by atoms with Crippen molar-refractivity contribution in [1.82, 2.24) is 14.8 Å². The fourth-order valence-electron chi connectivity index (χ4n) is 3.96. The van der Waals surface area contributed by atoms with Crippen LogP contribution >= 0.6 is 8.58 Å². The van der Waals surface area contributed by atoms with Gasteiger partial charge in [-0.15, -0.1) is 8.58 Å². The van der Waals surface area contributed by atoms with Crippen LogP contribution in [0.3, 0.4) is 0 Å². The molecule has 184 valence electrons. The van der Waals surface area contributed by atoms with Crippen molar-refractivity contribution in [3.63, 3.8) is 0 Å². The summed E-state index contributed by atoms with van der Waals surface area (Å²) in [5.74, 6) is -1.49. The summed E-state index contributed by atoms with van der Waals surface area (Å²) < 4.78 is 41.4. The summed E-state index contributed by atoms with van der Waals surface area (Å²) in [4.78, 5) is 3.91. The number of allylic oxidation sites excluding steroid dienone is 2. The van der Waals surface area contributed by atoms with Crippen LogP contribution in [0, 0.1) is 11.6 Å². The molecule has 1 aliphatic rings. The first-order chi connectivity index (χ1) is 16.9. The Morgan fingerprint density at radius 1 is 1.17 bits per heavy atom. The zero-order valence-electron chi connectivity index (χ0n) is 19.3. The Morgan fingerprint density at radius 2 is 1.94 bits per heavy atom. The van der Waals surface area contributed by atoms with Gasteiger partial charge in [0, 0.05) is 22.9 Å². The molecule has 0 bridgehead atoms. The smallest absolute Gasteiger partial charge is 0.177 e. The first-order valence-electron chi connectivity index (χ1n) is 11.3. The molecule has 0 amide bonds. The second-order valence-electron chi connectivity index (χ2n) is 8.42. The van der Waals surface area contributed by atoms with Gasteiger partial charge in [0.05, 0.1) is 19.8 Å². The summed E-state index contributed by atoms with van der Waals surface area (Å²) in [6.45, 7) is 2.73. The van der Waals surface area contributed by atoms with Gasteiger partial charge in [-0.2, -0.15) is 5.10 Å². The Bertz CT molecular complexity index is 1140. The maximum atomic E-state index is 14.7. The second kappa shape index (κ2) is 11.8. The molecule has 1 fully saturated rings. The van der Waals surface area contributed by atoms with Crippen LogP contribution in [-0.4, -0.2) is 50.7 Å². The molecule has 35 heavy (non-hydrogen) atoms. The van der Waals surface area contributed by atoms with E-state index in [0.29, 0.717) is 13.2 Å². The molecule has 1 aromatic heterocycles. The Hall–Kier alpha value is -2.77. The van der Waals surface area contributed by atoms with Crippen LogP contribution in [0.5, 0.6) is 0 Å². The number of hydrogen-bond donors (Lipinski definition) is 1. The van der Waals surface area contributed by atoms with Gasteiger partial charge in [0.1, 0.15) is 29.9 Å². The van der Waals surface area contributed by atoms with Crippen molar-refractivity contribution in [2.24, 2.45) is 0 Å². The highest BCUT2D eigenvalue weighted by atomic mass is 31.1. The second-order valence-corrected chi connectivity index (χ2v) is 10.4. The molecule has 3 aromatic rings. The third kappa shape index (κ3) is 6.67. The topological polar surface area (TPSA) is 69.4 Å². The fraction of sp³-hybridized carbons (Fsp3) is 0.308. The normalized spacial score (nSPS) is 21.7. The van der Waals surface area contributed by atoms with Gasteiger partial charge >= 0.3 is 0 Å². The molecule has 2 heterocycles. The van der Waals surface area contributed by atoms with Crippen LogP contribution in [0.25, 0.3) is 6.08 Å². The molecule has 0 spiro atoms. The molecule has 1 unspecified atom stereocenters. The predicted octanol–water partition coefficient (Wildman–Crippen LogP) is 4.52. The van der Waals surface area contributed by atoms with Crippen molar-refractivity contribution in [3.05, 3.63) is 102 Å². The minimum absolute atomic E-state index is 0.0166. The van der Waals surface area contributed by atoms with E-state index in [1.165, 1.54) is 23.4 Å². The number of aliphatic hydroxyl groups is 1. The summed E-state index contributed by atoms with van der Waals surface area (Å²) in [5.41, 5.74) is -0.847. The third-order valence-corrected chi connectivity index (χ3v) is 7.64. The van der Waals surface area contributed by atoms with E-state index in [4.69, 9.17) is 9.47 Å². The van der Waals surface area contributed by atoms with E-state index in [-0.39, 0.29) is 32.0 Å². The molecular formula is C26H28F2N3O3P. The maximum absolute atomic E-state index is 14.7. The van der Waals surface area contributed by atoms with E-state index in [0.717, 1.165) is 17.7 Å². The number of aromatic nitrogens is 3. The highest BCUT2D eigenvalue weighted by Crippen LogP contribution is 2.42. The molecule has 1 saturated heterocycles. The summed E-state index contributed by atoms with van der Waals surface area (Å²) in [6.07, 6.45) is 10.0. The van der Waals surface area contributed by atoms with Crippen molar-refractivity contribution < 1.29 is 23.4 Å². The van der Waals surface area contributed by atoms with E-state index < -0.39 is 23.5 Å². The van der Waals surface area contributed by atoms with Gasteiger partial charge in [-0.25, -0.2) is 18.4 Å². The monoisotopic (exact) mass is 499 g/mol. The van der Waals surface area contributed by atoms with Gasteiger partial charge in [-0.3, -0.25) is 0 Å². The molecule has 4 rings (SSSR count). The van der Waals surface area contributed by atoms with Crippen LogP contribution in [-0.2, 0) is 21.6 Å². The van der Waals surface area contributed by atoms with Gasteiger partial charge in [0.2, 0.25) is 0 Å². The molecule has 1 N–H and O–H groups in total. The summed E-state index contributed by atoms with van der Waals surface area (Å²) in [7, 11) is 0.200. The molecular weight excluding hydrogens is 471 g/mol. The molecule has 3 atom stereocenters. The standard InChI is InChI=1S/C26H28F2N3O3P/c1-19(26(32,16-31-18-29-17-30-31)23-12-11-21(27)13-24(23)28)35-22-14-33-25(34-15-22)10-6-5-9-20-7-3-2-4-8-20/h2-13,17-19,22,25,32,35H,14-16H2,1H3/b9-5+,10-6+/t19-,22?,25?,26-/m1/s1. The van der Waals surface area contributed by atoms with Gasteiger partial charge in [0.25, 0.3) is 0 Å². The zero-order chi connectivity index (χ0) is 24.7. The Kier molecular flexibility index (Phi) is 8.52. The Balaban J connectivity index is 1.37. The van der Waals surface area contributed by atoms with E-state index in [9.17, 15) is 13.9 Å². The molecule has 0 aliphatic carbocycles. The third-order valence-electron chi connectivity index (χ3n) is 5.86. The van der Waals surface area contributed by atoms with Crippen molar-refractivity contribution in [1.29, 1.82) is 0 Å². The van der Waals surface area contributed by atoms with Crippen molar-refractivity contribution >= 4 is 14.7 Å². The van der Waals surface area contributed by atoms with Crippen LogP contribution in [0.15, 0.2) is 79.4 Å². The average Bonchev–Trinajstić information content (AvgIpc) is 3.36. The van der Waals surface area contributed by atoms with E-state index in [1.807, 2.05) is 61.6 Å². The Labute approximate surface area is 205 Å². The summed E-state index contributed by atoms with van der Waals surface area (Å²) >= 11 is 0. The van der Waals surface area contributed by atoms with Gasteiger partial charge in [-0.05, 0) is 17.7 Å². The number of halogens is 2. The highest BCUT2D eigenvalue weighted by molar-refractivity contribution is 7.40. The van der Waals surface area contributed by atoms with Crippen molar-refractivity contribution in [2.45, 2.75) is 36.7 Å². The predicted molar refractivity (Wildman–Crippen MR) is 132 cm³/mol. The zero-order valence-corrected chi connectivity index (χ0v) is 20.3. The van der Waals surface area contributed by atoms with Gasteiger partial charge < -0.3 is 14.6 Å². The number of hydrogen-bond acceptors (Lipinski definition) is 5. The Morgan fingerprint density at radius 3 is 2.63 bits per heavy atom. The summed E-state index contributed by atoms with van der Waals surface area (Å²) in [5, 5.41) is 15.7. The molecule has 1 aliphatic heterocycles. The van der Waals surface area contributed by atoms with Crippen LogP contribution in [0.2, 0.25) is 0 Å². The lowest BCUT2D eigenvalue weighted by atomic mass is 9.90. The largest absolute Gasteiger partial charge is 0.382 e. The van der Waals surface area contributed by atoms with Crippen LogP contribution in [0.4, 0.5) is 8.78 Å². The number of rotatable bonds is 9. The number of ether oxygens (including phenoxy) is 2. The maximum Gasteiger partial charge on any atom is 0.177 e. The van der Waals surface area contributed by atoms with E-state index in [1.54, 1.807) is 0 Å². The minimum atomic E-state index is -1.62. The van der Waals surface area contributed by atoms with E-state index >= 15 is 0 Å². The van der Waals surface area contributed by atoms with E-state index in [2.05, 4.69) is 10.1 Å². The minimum Gasteiger partial charge on any atom is -0.382 e. The van der Waals surface area contributed by atoms with Gasteiger partial charge in [-0.1, -0.05) is 61.5 Å². The van der Waals surface area contributed by atoms with Crippen LogP contribution in [0.1, 0.15) is 18.1 Å². The quantitative estimate of drug-likeness (QED) is 0.346. The molecule has 6 nitrogen and oxygen atoms in total. The molecule has 0 saturated carbocycles. The lowest BCUT2D eigenvalue weighted by Crippen LogP contribution is -2.43. The van der Waals surface area contributed by atoms with Crippen molar-refractivity contribution in [2.75, 3.05) is 13.2 Å². The average molecular weight is 499 g/mol. The molecule has 9 heteroatoms. The summed E-state index contributed by atoms with van der Waals surface area (Å²) in [6, 6.07) is 13.2. The SMILES string of the molecule is C[C@@H](PC1COC(/C=C/C=C/c2ccccc2)OC1)[C@](O)(Cn1cncn1)c1ccc(F)cc1F. The molecule has 2 aromatic carbocycles. The first kappa shape index (κ1) is 25.3. The lowest BCUT2D eigenvalue weighted by Gasteiger charge is -2.38. The lowest BCUT2D eigenvalue weighted by molar-refractivity contribution is -0.147. The van der Waals surface area contributed by atoms with Crippen LogP contribution < -0.4 is 0 Å². The highest BCUT2D eigenvalue weighted by Gasteiger charge is 2.40. The van der Waals surface area contributed by atoms with Gasteiger partial charge in [0.15, 0.2) is 6.29 Å². The first-order valence-corrected chi connectivity index (χ1v) is 12.5. The fourth-order valence-corrected chi connectivity index (χ4v) is 5.57. The number of benzene rings is 2. The van der Waals surface area contributed by atoms with Crippen molar-refractivity contribution in [3.8, 4) is 0 Å². The molecule has 0 radical (unpaired) electrons. The number of nitrogens with zero attached hydrogens (tertiary/aromatic N) is 3.